The van der Waals surface area contributed by atoms with Crippen molar-refractivity contribution in [2.24, 2.45) is 11.7 Å². The van der Waals surface area contributed by atoms with Crippen molar-refractivity contribution >= 4 is 33.4 Å². The van der Waals surface area contributed by atoms with E-state index >= 15 is 0 Å². The van der Waals surface area contributed by atoms with Gasteiger partial charge < -0.3 is 15.5 Å². The summed E-state index contributed by atoms with van der Waals surface area (Å²) < 4.78 is 26.8. The van der Waals surface area contributed by atoms with Crippen LogP contribution in [-0.2, 0) is 37.4 Å². The maximum atomic E-state index is 13.4. The van der Waals surface area contributed by atoms with Crippen LogP contribution in [-0.4, -0.2) is 61.0 Å². The van der Waals surface area contributed by atoms with Crippen LogP contribution in [0.3, 0.4) is 0 Å². The number of carbonyl (C=O) groups excluding carboxylic acids is 3. The van der Waals surface area contributed by atoms with Crippen molar-refractivity contribution in [1.82, 2.24) is 9.21 Å². The summed E-state index contributed by atoms with van der Waals surface area (Å²) in [5, 5.41) is 0. The van der Waals surface area contributed by atoms with Crippen LogP contribution in [0.2, 0.25) is 0 Å². The molecule has 0 unspecified atom stereocenters. The van der Waals surface area contributed by atoms with Gasteiger partial charge in [-0.3, -0.25) is 14.4 Å². The zero-order chi connectivity index (χ0) is 25.3. The van der Waals surface area contributed by atoms with Crippen molar-refractivity contribution in [2.45, 2.75) is 44.2 Å². The Labute approximate surface area is 205 Å². The summed E-state index contributed by atoms with van der Waals surface area (Å²) in [5.41, 5.74) is 8.10. The normalized spacial score (nSPS) is 20.3. The van der Waals surface area contributed by atoms with E-state index in [-0.39, 0.29) is 36.2 Å². The van der Waals surface area contributed by atoms with E-state index in [4.69, 9.17) is 5.73 Å². The minimum atomic E-state index is -3.61. The number of nitrogens with two attached hydrogens (primary N) is 1. The molecule has 2 N–H and O–H groups in total. The van der Waals surface area contributed by atoms with Crippen LogP contribution in [0, 0.1) is 5.92 Å². The van der Waals surface area contributed by atoms with Gasteiger partial charge in [-0.1, -0.05) is 38.1 Å². The third-order valence-electron chi connectivity index (χ3n) is 6.83. The first kappa shape index (κ1) is 24.9. The van der Waals surface area contributed by atoms with Crippen LogP contribution >= 0.6 is 0 Å². The van der Waals surface area contributed by atoms with E-state index in [1.54, 1.807) is 26.0 Å². The number of nitrogens with zero attached hydrogens (tertiary/aromatic N) is 3. The highest BCUT2D eigenvalue weighted by Crippen LogP contribution is 2.31. The lowest BCUT2D eigenvalue weighted by Gasteiger charge is -2.36. The van der Waals surface area contributed by atoms with Crippen molar-refractivity contribution < 1.29 is 22.8 Å². The highest BCUT2D eigenvalue weighted by molar-refractivity contribution is 7.89. The van der Waals surface area contributed by atoms with Gasteiger partial charge >= 0.3 is 0 Å². The Kier molecular flexibility index (Phi) is 6.95. The Morgan fingerprint density at radius 3 is 2.23 bits per heavy atom. The van der Waals surface area contributed by atoms with Gasteiger partial charge in [-0.05, 0) is 35.4 Å². The second kappa shape index (κ2) is 9.79. The van der Waals surface area contributed by atoms with Gasteiger partial charge in [-0.2, -0.15) is 4.31 Å². The smallest absolute Gasteiger partial charge is 0.243 e. The highest BCUT2D eigenvalue weighted by atomic mass is 32.2. The predicted molar refractivity (Wildman–Crippen MR) is 131 cm³/mol. The largest absolute Gasteiger partial charge is 0.368 e. The molecule has 0 saturated carbocycles. The van der Waals surface area contributed by atoms with Crippen molar-refractivity contribution in [3.05, 3.63) is 59.7 Å². The molecule has 10 heteroatoms. The second-order valence-corrected chi connectivity index (χ2v) is 10.8. The fraction of sp³-hybridized carbons (Fsp3) is 0.400. The van der Waals surface area contributed by atoms with Crippen LogP contribution in [0.4, 0.5) is 5.69 Å². The number of fused-ring (bicyclic) bond motifs is 1. The Balaban J connectivity index is 1.52. The molecule has 186 valence electrons. The lowest BCUT2D eigenvalue weighted by Crippen LogP contribution is -2.53. The standard InChI is InChI=1S/C25H30N4O5S/c1-3-27(4-2)35(33,34)21-11-9-20(10-12-21)28-16-19(14-23(28)30)25(32)29-15-18-8-6-5-7-17(18)13-22(29)24(26)31/h5-12,19,22H,3-4,13-16H2,1-2H3,(H2,26,31)/t19-,22-/m0/s1. The van der Waals surface area contributed by atoms with Gasteiger partial charge in [0.1, 0.15) is 6.04 Å². The monoisotopic (exact) mass is 498 g/mol. The maximum absolute atomic E-state index is 13.4. The van der Waals surface area contributed by atoms with Crippen LogP contribution in [0.25, 0.3) is 0 Å². The number of benzene rings is 2. The zero-order valence-corrected chi connectivity index (χ0v) is 20.7. The number of sulfonamides is 1. The van der Waals surface area contributed by atoms with E-state index in [0.29, 0.717) is 25.2 Å². The average Bonchev–Trinajstić information content (AvgIpc) is 3.24. The average molecular weight is 499 g/mol. The van der Waals surface area contributed by atoms with Crippen molar-refractivity contribution in [3.8, 4) is 0 Å². The van der Waals surface area contributed by atoms with Crippen molar-refractivity contribution in [3.63, 3.8) is 0 Å². The lowest BCUT2D eigenvalue weighted by atomic mass is 9.92. The van der Waals surface area contributed by atoms with E-state index in [1.165, 1.54) is 26.2 Å². The molecular weight excluding hydrogens is 468 g/mol. The van der Waals surface area contributed by atoms with Gasteiger partial charge in [-0.15, -0.1) is 0 Å². The van der Waals surface area contributed by atoms with Crippen molar-refractivity contribution in [1.29, 1.82) is 0 Å². The molecule has 35 heavy (non-hydrogen) atoms. The summed E-state index contributed by atoms with van der Waals surface area (Å²) in [4.78, 5) is 41.5. The molecule has 9 nitrogen and oxygen atoms in total. The summed E-state index contributed by atoms with van der Waals surface area (Å²) in [6.45, 7) is 4.71. The molecule has 0 aromatic heterocycles. The van der Waals surface area contributed by atoms with E-state index in [0.717, 1.165) is 11.1 Å². The maximum Gasteiger partial charge on any atom is 0.243 e. The Bertz CT molecular complexity index is 1240. The number of anilines is 1. The summed E-state index contributed by atoms with van der Waals surface area (Å²) in [6, 6.07) is 13.0. The van der Waals surface area contributed by atoms with Gasteiger partial charge in [0.15, 0.2) is 0 Å². The molecule has 2 atom stereocenters. The zero-order valence-electron chi connectivity index (χ0n) is 19.9. The number of amides is 3. The molecule has 2 aliphatic heterocycles. The molecule has 4 rings (SSSR count). The van der Waals surface area contributed by atoms with Gasteiger partial charge in [-0.25, -0.2) is 8.42 Å². The van der Waals surface area contributed by atoms with Crippen LogP contribution in [0.15, 0.2) is 53.4 Å². The Morgan fingerprint density at radius 2 is 1.63 bits per heavy atom. The van der Waals surface area contributed by atoms with E-state index in [1.807, 2.05) is 24.3 Å². The summed E-state index contributed by atoms with van der Waals surface area (Å²) in [7, 11) is -3.61. The number of primary amides is 1. The molecule has 2 aliphatic rings. The molecule has 2 aromatic carbocycles. The molecule has 2 aromatic rings. The molecule has 0 aliphatic carbocycles. The van der Waals surface area contributed by atoms with Gasteiger partial charge in [0, 0.05) is 44.7 Å². The summed E-state index contributed by atoms with van der Waals surface area (Å²) in [5.74, 6) is -1.69. The molecule has 2 heterocycles. The minimum Gasteiger partial charge on any atom is -0.368 e. The minimum absolute atomic E-state index is 0.0158. The molecule has 1 fully saturated rings. The SMILES string of the molecule is CCN(CC)S(=O)(=O)c1ccc(N2C[C@@H](C(=O)N3Cc4ccccc4C[C@H]3C(N)=O)CC2=O)cc1. The third kappa shape index (κ3) is 4.68. The van der Waals surface area contributed by atoms with E-state index in [9.17, 15) is 22.8 Å². The highest BCUT2D eigenvalue weighted by Gasteiger charge is 2.41. The number of hydrogen-bond donors (Lipinski definition) is 1. The molecule has 0 radical (unpaired) electrons. The lowest BCUT2D eigenvalue weighted by molar-refractivity contribution is -0.143. The fourth-order valence-corrected chi connectivity index (χ4v) is 6.33. The second-order valence-electron chi connectivity index (χ2n) is 8.85. The number of hydrogen-bond acceptors (Lipinski definition) is 5. The molecule has 0 spiro atoms. The Morgan fingerprint density at radius 1 is 1.00 bits per heavy atom. The number of rotatable bonds is 7. The first-order chi connectivity index (χ1) is 16.7. The number of carbonyl (C=O) groups is 3. The van der Waals surface area contributed by atoms with Gasteiger partial charge in [0.25, 0.3) is 0 Å². The Hall–Kier alpha value is -3.24. The summed E-state index contributed by atoms with van der Waals surface area (Å²) >= 11 is 0. The molecule has 3 amide bonds. The topological polar surface area (TPSA) is 121 Å². The van der Waals surface area contributed by atoms with E-state index in [2.05, 4.69) is 0 Å². The fourth-order valence-electron chi connectivity index (χ4n) is 4.88. The summed E-state index contributed by atoms with van der Waals surface area (Å²) in [6.07, 6.45) is 0.367. The predicted octanol–water partition coefficient (Wildman–Crippen LogP) is 1.51. The van der Waals surface area contributed by atoms with Crippen LogP contribution in [0.5, 0.6) is 0 Å². The van der Waals surface area contributed by atoms with Gasteiger partial charge in [0.05, 0.1) is 10.8 Å². The molecule has 0 bridgehead atoms. The first-order valence-corrected chi connectivity index (χ1v) is 13.2. The van der Waals surface area contributed by atoms with E-state index < -0.39 is 27.9 Å². The molecule has 1 saturated heterocycles. The first-order valence-electron chi connectivity index (χ1n) is 11.7. The van der Waals surface area contributed by atoms with Crippen molar-refractivity contribution in [2.75, 3.05) is 24.5 Å². The van der Waals surface area contributed by atoms with Gasteiger partial charge in [0.2, 0.25) is 27.7 Å². The quantitative estimate of drug-likeness (QED) is 0.620. The third-order valence-corrected chi connectivity index (χ3v) is 8.89. The van der Waals surface area contributed by atoms with Crippen LogP contribution in [0.1, 0.15) is 31.4 Å². The van der Waals surface area contributed by atoms with Crippen LogP contribution < -0.4 is 10.6 Å². The molecular formula is C25H30N4O5S.